The van der Waals surface area contributed by atoms with Gasteiger partial charge in [-0.2, -0.15) is 5.10 Å². The fourth-order valence-corrected chi connectivity index (χ4v) is 3.39. The number of aromatic nitrogens is 5. The zero-order valence-corrected chi connectivity index (χ0v) is 15.4. The van der Waals surface area contributed by atoms with Gasteiger partial charge in [0.1, 0.15) is 11.7 Å². The summed E-state index contributed by atoms with van der Waals surface area (Å²) in [5.74, 6) is 0.728. The fourth-order valence-electron chi connectivity index (χ4n) is 2.40. The molecule has 25 heavy (non-hydrogen) atoms. The van der Waals surface area contributed by atoms with E-state index in [4.69, 9.17) is 17.3 Å². The van der Waals surface area contributed by atoms with E-state index in [0.717, 1.165) is 16.8 Å². The molecule has 0 aliphatic heterocycles. The third kappa shape index (κ3) is 4.02. The summed E-state index contributed by atoms with van der Waals surface area (Å²) in [5, 5.41) is 13.9. The minimum Gasteiger partial charge on any atom is -0.368 e. The number of halogens is 1. The molecule has 0 fully saturated rings. The number of hydrogen-bond acceptors (Lipinski definition) is 5. The molecule has 0 unspecified atom stereocenters. The summed E-state index contributed by atoms with van der Waals surface area (Å²) < 4.78 is 3.33. The van der Waals surface area contributed by atoms with Gasteiger partial charge < -0.3 is 5.73 Å². The lowest BCUT2D eigenvalue weighted by atomic mass is 10.1. The molecule has 130 valence electrons. The summed E-state index contributed by atoms with van der Waals surface area (Å²) in [7, 11) is 1.78. The Bertz CT molecular complexity index is 900. The van der Waals surface area contributed by atoms with Crippen LogP contribution in [0.2, 0.25) is 5.15 Å². The molecule has 2 aromatic heterocycles. The molecule has 0 radical (unpaired) electrons. The van der Waals surface area contributed by atoms with Crippen LogP contribution >= 0.6 is 23.4 Å². The number of hydrogen-bond donors (Lipinski definition) is 1. The van der Waals surface area contributed by atoms with Gasteiger partial charge in [-0.15, -0.1) is 10.2 Å². The van der Waals surface area contributed by atoms with Crippen LogP contribution in [0.15, 0.2) is 35.5 Å². The SMILES string of the molecule is Cc1cccc(-c2nnc(SCc3cc(Cl)n(C)n3)n2CC(N)=O)c1. The highest BCUT2D eigenvalue weighted by molar-refractivity contribution is 7.98. The van der Waals surface area contributed by atoms with E-state index in [1.54, 1.807) is 22.4 Å². The van der Waals surface area contributed by atoms with Crippen LogP contribution in [0.25, 0.3) is 11.4 Å². The van der Waals surface area contributed by atoms with Gasteiger partial charge in [-0.25, -0.2) is 0 Å². The average Bonchev–Trinajstić information content (AvgIpc) is 3.08. The van der Waals surface area contributed by atoms with Crippen molar-refractivity contribution in [3.8, 4) is 11.4 Å². The summed E-state index contributed by atoms with van der Waals surface area (Å²) in [4.78, 5) is 11.5. The van der Waals surface area contributed by atoms with Gasteiger partial charge in [-0.05, 0) is 19.1 Å². The number of aryl methyl sites for hydroxylation is 2. The van der Waals surface area contributed by atoms with Crippen LogP contribution < -0.4 is 5.73 Å². The lowest BCUT2D eigenvalue weighted by Crippen LogP contribution is -2.20. The van der Waals surface area contributed by atoms with Gasteiger partial charge in [0, 0.05) is 18.4 Å². The number of rotatable bonds is 6. The Balaban J connectivity index is 1.89. The van der Waals surface area contributed by atoms with Crippen molar-refractivity contribution in [2.45, 2.75) is 24.4 Å². The Kier molecular flexibility index (Phi) is 5.10. The van der Waals surface area contributed by atoms with Crippen molar-refractivity contribution < 1.29 is 4.79 Å². The average molecular weight is 377 g/mol. The third-order valence-corrected chi connectivity index (χ3v) is 4.88. The predicted octanol–water partition coefficient (Wildman–Crippen LogP) is 2.42. The molecule has 2 heterocycles. The maximum atomic E-state index is 11.5. The summed E-state index contributed by atoms with van der Waals surface area (Å²) in [5.41, 5.74) is 8.22. The van der Waals surface area contributed by atoms with Crippen LogP contribution in [0.3, 0.4) is 0 Å². The summed E-state index contributed by atoms with van der Waals surface area (Å²) in [6, 6.07) is 9.66. The van der Waals surface area contributed by atoms with Gasteiger partial charge in [0.05, 0.1) is 5.69 Å². The van der Waals surface area contributed by atoms with E-state index in [9.17, 15) is 4.79 Å². The number of amides is 1. The number of primary amides is 1. The monoisotopic (exact) mass is 376 g/mol. The molecular formula is C16H17ClN6OS. The Morgan fingerprint density at radius 1 is 1.32 bits per heavy atom. The van der Waals surface area contributed by atoms with E-state index in [0.29, 0.717) is 21.9 Å². The van der Waals surface area contributed by atoms with Crippen molar-refractivity contribution in [1.29, 1.82) is 0 Å². The molecule has 9 heteroatoms. The third-order valence-electron chi connectivity index (χ3n) is 3.53. The van der Waals surface area contributed by atoms with Crippen molar-refractivity contribution in [3.05, 3.63) is 46.7 Å². The first-order valence-electron chi connectivity index (χ1n) is 7.54. The molecule has 0 atom stereocenters. The van der Waals surface area contributed by atoms with Gasteiger partial charge in [0.2, 0.25) is 5.91 Å². The molecule has 1 aromatic carbocycles. The molecule has 7 nitrogen and oxygen atoms in total. The highest BCUT2D eigenvalue weighted by atomic mass is 35.5. The molecule has 1 amide bonds. The molecule has 0 aliphatic rings. The van der Waals surface area contributed by atoms with Gasteiger partial charge in [0.25, 0.3) is 0 Å². The van der Waals surface area contributed by atoms with E-state index in [1.807, 2.05) is 31.2 Å². The quantitative estimate of drug-likeness (QED) is 0.667. The zero-order valence-electron chi connectivity index (χ0n) is 13.8. The number of nitrogens with zero attached hydrogens (tertiary/aromatic N) is 5. The number of carbonyl (C=O) groups is 1. The first kappa shape index (κ1) is 17.5. The normalized spacial score (nSPS) is 11.0. The zero-order chi connectivity index (χ0) is 18.0. The summed E-state index contributed by atoms with van der Waals surface area (Å²) in [6.07, 6.45) is 0. The van der Waals surface area contributed by atoms with Gasteiger partial charge >= 0.3 is 0 Å². The molecule has 0 aliphatic carbocycles. The molecule has 0 saturated carbocycles. The molecule has 2 N–H and O–H groups in total. The largest absolute Gasteiger partial charge is 0.368 e. The van der Waals surface area contributed by atoms with Crippen LogP contribution in [0.4, 0.5) is 0 Å². The molecule has 0 saturated heterocycles. The smallest absolute Gasteiger partial charge is 0.237 e. The Morgan fingerprint density at radius 3 is 2.76 bits per heavy atom. The second kappa shape index (κ2) is 7.28. The van der Waals surface area contributed by atoms with Crippen molar-refractivity contribution in [2.24, 2.45) is 12.8 Å². The topological polar surface area (TPSA) is 91.6 Å². The number of thioether (sulfide) groups is 1. The Labute approximate surface area is 154 Å². The maximum absolute atomic E-state index is 11.5. The second-order valence-corrected chi connectivity index (χ2v) is 6.93. The van der Waals surface area contributed by atoms with Crippen LogP contribution in [0.1, 0.15) is 11.3 Å². The van der Waals surface area contributed by atoms with Crippen molar-refractivity contribution in [2.75, 3.05) is 0 Å². The minimum absolute atomic E-state index is 0.0155. The van der Waals surface area contributed by atoms with Crippen LogP contribution in [-0.4, -0.2) is 30.5 Å². The van der Waals surface area contributed by atoms with Gasteiger partial charge in [-0.3, -0.25) is 14.0 Å². The first-order chi connectivity index (χ1) is 11.9. The molecule has 0 bridgehead atoms. The van der Waals surface area contributed by atoms with Gasteiger partial charge in [-0.1, -0.05) is 47.1 Å². The van der Waals surface area contributed by atoms with E-state index >= 15 is 0 Å². The maximum Gasteiger partial charge on any atom is 0.237 e. The van der Waals surface area contributed by atoms with E-state index in [-0.39, 0.29) is 6.54 Å². The summed E-state index contributed by atoms with van der Waals surface area (Å²) in [6.45, 7) is 2.01. The molecule has 0 spiro atoms. The number of benzene rings is 1. The Morgan fingerprint density at radius 2 is 2.12 bits per heavy atom. The van der Waals surface area contributed by atoms with E-state index in [2.05, 4.69) is 15.3 Å². The van der Waals surface area contributed by atoms with E-state index in [1.165, 1.54) is 11.8 Å². The van der Waals surface area contributed by atoms with Gasteiger partial charge in [0.15, 0.2) is 11.0 Å². The lowest BCUT2D eigenvalue weighted by Gasteiger charge is -2.08. The van der Waals surface area contributed by atoms with Crippen molar-refractivity contribution in [3.63, 3.8) is 0 Å². The fraction of sp³-hybridized carbons (Fsp3) is 0.250. The van der Waals surface area contributed by atoms with Crippen molar-refractivity contribution in [1.82, 2.24) is 24.5 Å². The lowest BCUT2D eigenvalue weighted by molar-refractivity contribution is -0.118. The van der Waals surface area contributed by atoms with Crippen LogP contribution in [0.5, 0.6) is 0 Å². The van der Waals surface area contributed by atoms with Crippen LogP contribution in [-0.2, 0) is 24.1 Å². The predicted molar refractivity (Wildman–Crippen MR) is 97.2 cm³/mol. The molecular weight excluding hydrogens is 360 g/mol. The number of nitrogens with two attached hydrogens (primary N) is 1. The van der Waals surface area contributed by atoms with Crippen LogP contribution in [0, 0.1) is 6.92 Å². The highest BCUT2D eigenvalue weighted by Gasteiger charge is 2.17. The molecule has 3 rings (SSSR count). The summed E-state index contributed by atoms with van der Waals surface area (Å²) >= 11 is 7.44. The second-order valence-electron chi connectivity index (χ2n) is 5.60. The van der Waals surface area contributed by atoms with E-state index < -0.39 is 5.91 Å². The number of carbonyl (C=O) groups excluding carboxylic acids is 1. The van der Waals surface area contributed by atoms with Crippen molar-refractivity contribution >= 4 is 29.3 Å². The first-order valence-corrected chi connectivity index (χ1v) is 8.90. The molecule has 3 aromatic rings. The standard InChI is InChI=1S/C16H17ClN6OS/c1-10-4-3-5-11(6-10)15-19-20-16(23(15)8-14(18)24)25-9-12-7-13(17)22(2)21-12/h3-7H,8-9H2,1-2H3,(H2,18,24). The Hall–Kier alpha value is -2.32. The highest BCUT2D eigenvalue weighted by Crippen LogP contribution is 2.27. The minimum atomic E-state index is -0.448.